The van der Waals surface area contributed by atoms with E-state index in [-0.39, 0.29) is 29.8 Å². The van der Waals surface area contributed by atoms with Gasteiger partial charge in [-0.15, -0.1) is 0 Å². The lowest BCUT2D eigenvalue weighted by molar-refractivity contribution is -0.151. The van der Waals surface area contributed by atoms with Gasteiger partial charge in [0.2, 0.25) is 10.8 Å². The van der Waals surface area contributed by atoms with Gasteiger partial charge in [0.15, 0.2) is 0 Å². The summed E-state index contributed by atoms with van der Waals surface area (Å²) in [5, 5.41) is 2.99. The third-order valence-electron chi connectivity index (χ3n) is 6.77. The molecule has 2 aromatic carbocycles. The van der Waals surface area contributed by atoms with Crippen LogP contribution in [0.25, 0.3) is 0 Å². The number of hydrogen-bond donors (Lipinski definition) is 1. The van der Waals surface area contributed by atoms with Crippen LogP contribution in [0, 0.1) is 5.82 Å². The van der Waals surface area contributed by atoms with E-state index in [1.807, 2.05) is 42.5 Å². The summed E-state index contributed by atoms with van der Waals surface area (Å²) in [6, 6.07) is 17.7. The van der Waals surface area contributed by atoms with Crippen molar-refractivity contribution in [1.29, 1.82) is 0 Å². The Morgan fingerprint density at radius 1 is 0.973 bits per heavy atom. The Morgan fingerprint density at radius 3 is 2.38 bits per heavy atom. The molecule has 0 aliphatic carbocycles. The molecule has 0 radical (unpaired) electrons. The monoisotopic (exact) mass is 524 g/mol. The van der Waals surface area contributed by atoms with Gasteiger partial charge in [-0.2, -0.15) is 0 Å². The first kappa shape index (κ1) is 26.8. The first-order valence-electron chi connectivity index (χ1n) is 12.8. The second-order valence-corrected chi connectivity index (χ2v) is 11.1. The maximum absolute atomic E-state index is 13.9. The number of likely N-dealkylation sites (tertiary alicyclic amines) is 1. The molecule has 37 heavy (non-hydrogen) atoms. The van der Waals surface area contributed by atoms with Crippen LogP contribution in [-0.4, -0.2) is 38.9 Å². The molecule has 1 N–H and O–H groups in total. The van der Waals surface area contributed by atoms with Crippen LogP contribution in [0.3, 0.4) is 0 Å². The van der Waals surface area contributed by atoms with E-state index in [1.54, 1.807) is 6.07 Å². The Morgan fingerprint density at radius 2 is 1.73 bits per heavy atom. The quantitative estimate of drug-likeness (QED) is 0.244. The first-order valence-corrected chi connectivity index (χ1v) is 14.1. The summed E-state index contributed by atoms with van der Waals surface area (Å²) < 4.78 is 32.2. The molecule has 1 aliphatic rings. The second-order valence-electron chi connectivity index (χ2n) is 9.41. The van der Waals surface area contributed by atoms with E-state index in [4.69, 9.17) is 4.42 Å². The van der Waals surface area contributed by atoms with Crippen LogP contribution in [0.15, 0.2) is 77.6 Å². The Labute approximate surface area is 219 Å². The van der Waals surface area contributed by atoms with Crippen LogP contribution in [0.2, 0.25) is 0 Å². The molecule has 1 fully saturated rings. The van der Waals surface area contributed by atoms with Gasteiger partial charge in [0.1, 0.15) is 5.82 Å². The summed E-state index contributed by atoms with van der Waals surface area (Å²) in [7, 11) is -1.69. The zero-order chi connectivity index (χ0) is 26.1. The lowest BCUT2D eigenvalue weighted by atomic mass is 10.0. The maximum Gasteiger partial charge on any atom is 0.259 e. The molecule has 1 aliphatic heterocycles. The van der Waals surface area contributed by atoms with Crippen LogP contribution in [0.4, 0.5) is 4.39 Å². The van der Waals surface area contributed by atoms with Crippen molar-refractivity contribution >= 4 is 22.6 Å². The van der Waals surface area contributed by atoms with E-state index in [1.165, 1.54) is 29.6 Å². The summed E-state index contributed by atoms with van der Waals surface area (Å²) in [4.78, 5) is 26.3. The van der Waals surface area contributed by atoms with E-state index in [0.717, 1.165) is 48.8 Å². The number of carbonyl (C=O) groups excluding carboxylic acids is 2. The third kappa shape index (κ3) is 6.74. The molecule has 1 saturated heterocycles. The highest BCUT2D eigenvalue weighted by Crippen LogP contribution is 2.33. The SMILES string of the molecule is O=C1CCN1C(Cc1ccoc1)(C(=O)NCCCCCCc1ccc(F)cc1)S(=O)Cc1ccccc1. The van der Waals surface area contributed by atoms with E-state index in [9.17, 15) is 18.2 Å². The van der Waals surface area contributed by atoms with Gasteiger partial charge in [-0.25, -0.2) is 4.39 Å². The van der Waals surface area contributed by atoms with Crippen molar-refractivity contribution in [1.82, 2.24) is 10.2 Å². The summed E-state index contributed by atoms with van der Waals surface area (Å²) in [6.07, 6.45) is 8.06. The number of furan rings is 1. The molecule has 2 amide bonds. The Kier molecular flexibility index (Phi) is 9.28. The van der Waals surface area contributed by atoms with Crippen molar-refractivity contribution in [3.05, 3.63) is 95.7 Å². The summed E-state index contributed by atoms with van der Waals surface area (Å²) in [6.45, 7) is 0.834. The van der Waals surface area contributed by atoms with Crippen LogP contribution in [0.5, 0.6) is 0 Å². The van der Waals surface area contributed by atoms with Crippen LogP contribution in [0.1, 0.15) is 48.8 Å². The number of amides is 2. The van der Waals surface area contributed by atoms with Crippen LogP contribution in [-0.2, 0) is 39.0 Å². The predicted octanol–water partition coefficient (Wildman–Crippen LogP) is 4.76. The zero-order valence-corrected chi connectivity index (χ0v) is 21.7. The zero-order valence-electron chi connectivity index (χ0n) is 20.9. The number of unbranched alkanes of at least 4 members (excludes halogenated alkanes) is 3. The van der Waals surface area contributed by atoms with E-state index < -0.39 is 15.7 Å². The highest BCUT2D eigenvalue weighted by Gasteiger charge is 2.54. The van der Waals surface area contributed by atoms with E-state index in [0.29, 0.717) is 19.5 Å². The molecule has 0 saturated carbocycles. The molecule has 4 rings (SSSR count). The lowest BCUT2D eigenvalue weighted by Crippen LogP contribution is -2.68. The minimum Gasteiger partial charge on any atom is -0.472 e. The number of halogens is 1. The average Bonchev–Trinajstić information content (AvgIpc) is 3.41. The van der Waals surface area contributed by atoms with Gasteiger partial charge in [0.25, 0.3) is 5.91 Å². The van der Waals surface area contributed by atoms with Crippen molar-refractivity contribution in [3.8, 4) is 0 Å². The molecule has 6 nitrogen and oxygen atoms in total. The molecule has 0 bridgehead atoms. The van der Waals surface area contributed by atoms with Crippen molar-refractivity contribution in [3.63, 3.8) is 0 Å². The number of carbonyl (C=O) groups is 2. The number of aryl methyl sites for hydroxylation is 1. The van der Waals surface area contributed by atoms with Gasteiger partial charge < -0.3 is 14.6 Å². The van der Waals surface area contributed by atoms with Crippen molar-refractivity contribution in [2.75, 3.05) is 13.1 Å². The average molecular weight is 525 g/mol. The van der Waals surface area contributed by atoms with Gasteiger partial charge in [-0.3, -0.25) is 13.8 Å². The summed E-state index contributed by atoms with van der Waals surface area (Å²) >= 11 is 0. The third-order valence-corrected chi connectivity index (χ3v) is 8.67. The molecule has 0 spiro atoms. The molecule has 196 valence electrons. The molecule has 1 aromatic heterocycles. The fraction of sp³-hybridized carbons (Fsp3) is 0.379. The number of benzene rings is 2. The standard InChI is InChI=1S/C29H33FN2O4S/c30-26-13-11-23(12-14-26)8-4-1-2-7-17-31-28(34)29(32-18-15-27(32)33,20-25-16-19-36-21-25)37(35)22-24-9-5-3-6-10-24/h3,5-6,9-14,16,19,21H,1-2,4,7-8,15,17-18,20,22H2,(H,31,34). The smallest absolute Gasteiger partial charge is 0.259 e. The Bertz CT molecular complexity index is 1180. The fourth-order valence-electron chi connectivity index (χ4n) is 4.62. The lowest BCUT2D eigenvalue weighted by Gasteiger charge is -2.46. The van der Waals surface area contributed by atoms with Crippen molar-refractivity contribution in [2.45, 2.75) is 55.6 Å². The topological polar surface area (TPSA) is 79.6 Å². The summed E-state index contributed by atoms with van der Waals surface area (Å²) in [5.41, 5.74) is 2.68. The number of β-lactam (4-membered cyclic amide) rings is 1. The van der Waals surface area contributed by atoms with Gasteiger partial charge in [-0.1, -0.05) is 55.3 Å². The minimum atomic E-state index is -1.69. The minimum absolute atomic E-state index is 0.123. The van der Waals surface area contributed by atoms with Crippen molar-refractivity contribution < 1.29 is 22.6 Å². The largest absolute Gasteiger partial charge is 0.472 e. The number of rotatable bonds is 14. The maximum atomic E-state index is 13.9. The van der Waals surface area contributed by atoms with Crippen molar-refractivity contribution in [2.24, 2.45) is 0 Å². The number of nitrogens with one attached hydrogen (secondary N) is 1. The Balaban J connectivity index is 1.39. The summed E-state index contributed by atoms with van der Waals surface area (Å²) in [5.74, 6) is -0.615. The normalized spacial score (nSPS) is 15.6. The van der Waals surface area contributed by atoms with Gasteiger partial charge in [0, 0.05) is 25.9 Å². The highest BCUT2D eigenvalue weighted by atomic mass is 32.2. The van der Waals surface area contributed by atoms with Gasteiger partial charge >= 0.3 is 0 Å². The van der Waals surface area contributed by atoms with Gasteiger partial charge in [-0.05, 0) is 54.2 Å². The predicted molar refractivity (Wildman–Crippen MR) is 141 cm³/mol. The highest BCUT2D eigenvalue weighted by molar-refractivity contribution is 7.86. The first-order chi connectivity index (χ1) is 18.0. The molecular weight excluding hydrogens is 491 g/mol. The fourth-order valence-corrected chi connectivity index (χ4v) is 6.40. The number of nitrogens with zero attached hydrogens (tertiary/aromatic N) is 1. The molecule has 2 heterocycles. The molecular formula is C29H33FN2O4S. The molecule has 2 atom stereocenters. The molecule has 8 heteroatoms. The van der Waals surface area contributed by atoms with Crippen LogP contribution >= 0.6 is 0 Å². The molecule has 2 unspecified atom stereocenters. The second kappa shape index (κ2) is 12.8. The van der Waals surface area contributed by atoms with Crippen LogP contribution < -0.4 is 5.32 Å². The number of hydrogen-bond acceptors (Lipinski definition) is 4. The molecule has 3 aromatic rings. The van der Waals surface area contributed by atoms with E-state index in [2.05, 4.69) is 5.32 Å². The van der Waals surface area contributed by atoms with E-state index >= 15 is 0 Å². The Hall–Kier alpha value is -3.26. The van der Waals surface area contributed by atoms with Gasteiger partial charge in [0.05, 0.1) is 29.1 Å².